The van der Waals surface area contributed by atoms with Crippen LogP contribution in [0, 0.1) is 0 Å². The highest BCUT2D eigenvalue weighted by Crippen LogP contribution is 2.16. The molecule has 0 fully saturated rings. The lowest BCUT2D eigenvalue weighted by Crippen LogP contribution is -2.23. The zero-order valence-corrected chi connectivity index (χ0v) is 10.5. The Morgan fingerprint density at radius 1 is 1.11 bits per heavy atom. The summed E-state index contributed by atoms with van der Waals surface area (Å²) in [4.78, 5) is 35.3. The van der Waals surface area contributed by atoms with Crippen LogP contribution in [0.15, 0.2) is 18.2 Å². The van der Waals surface area contributed by atoms with Crippen LogP contribution in [-0.4, -0.2) is 36.7 Å². The van der Waals surface area contributed by atoms with E-state index in [0.717, 1.165) is 0 Å². The Labute approximate surface area is 105 Å². The van der Waals surface area contributed by atoms with Crippen LogP contribution in [0.1, 0.15) is 27.6 Å². The molecule has 0 bridgehead atoms. The second-order valence-corrected chi connectivity index (χ2v) is 4.04. The number of anilines is 1. The van der Waals surface area contributed by atoms with Gasteiger partial charge in [-0.15, -0.1) is 0 Å². The summed E-state index contributed by atoms with van der Waals surface area (Å²) in [5, 5.41) is 2.52. The third-order valence-electron chi connectivity index (χ3n) is 2.19. The van der Waals surface area contributed by atoms with Gasteiger partial charge < -0.3 is 16.0 Å². The minimum atomic E-state index is -0.657. The fraction of sp³-hybridized carbons (Fsp3) is 0.250. The molecule has 0 aliphatic carbocycles. The summed E-state index contributed by atoms with van der Waals surface area (Å²) in [6, 6.07) is 4.32. The molecule has 3 N–H and O–H groups in total. The van der Waals surface area contributed by atoms with Gasteiger partial charge in [-0.2, -0.15) is 0 Å². The first-order chi connectivity index (χ1) is 8.31. The van der Waals surface area contributed by atoms with Gasteiger partial charge in [0, 0.05) is 37.8 Å². The second kappa shape index (κ2) is 5.31. The van der Waals surface area contributed by atoms with Crippen LogP contribution in [0.4, 0.5) is 5.69 Å². The molecule has 18 heavy (non-hydrogen) atoms. The van der Waals surface area contributed by atoms with Gasteiger partial charge in [-0.1, -0.05) is 0 Å². The lowest BCUT2D eigenvalue weighted by atomic mass is 10.1. The molecule has 0 aromatic heterocycles. The number of carbonyl (C=O) groups excluding carboxylic acids is 3. The molecule has 1 aromatic carbocycles. The van der Waals surface area contributed by atoms with E-state index >= 15 is 0 Å². The van der Waals surface area contributed by atoms with Crippen molar-refractivity contribution in [1.29, 1.82) is 0 Å². The number of hydrogen-bond donors (Lipinski definition) is 2. The predicted octanol–water partition coefficient (Wildman–Crippen LogP) is 0.446. The van der Waals surface area contributed by atoms with E-state index in [2.05, 4.69) is 5.32 Å². The number of nitrogens with two attached hydrogens (primary N) is 1. The van der Waals surface area contributed by atoms with E-state index in [1.165, 1.54) is 30.0 Å². The SMILES string of the molecule is CC(=O)Nc1cc(C(N)=O)cc(C(=O)N(C)C)c1. The average Bonchev–Trinajstić information content (AvgIpc) is 2.26. The predicted molar refractivity (Wildman–Crippen MR) is 67.3 cm³/mol. The first-order valence-electron chi connectivity index (χ1n) is 5.25. The lowest BCUT2D eigenvalue weighted by molar-refractivity contribution is -0.114. The third kappa shape index (κ3) is 3.31. The van der Waals surface area contributed by atoms with Crippen LogP contribution in [0.3, 0.4) is 0 Å². The first kappa shape index (κ1) is 13.7. The molecule has 0 aliphatic rings. The van der Waals surface area contributed by atoms with Crippen LogP contribution < -0.4 is 11.1 Å². The number of nitrogens with one attached hydrogen (secondary N) is 1. The molecule has 1 aromatic rings. The van der Waals surface area contributed by atoms with Gasteiger partial charge in [0.1, 0.15) is 0 Å². The maximum absolute atomic E-state index is 11.8. The normalized spacial score (nSPS) is 9.72. The first-order valence-corrected chi connectivity index (χ1v) is 5.25. The lowest BCUT2D eigenvalue weighted by Gasteiger charge is -2.12. The molecule has 6 heteroatoms. The standard InChI is InChI=1S/C12H15N3O3/c1-7(16)14-10-5-8(11(13)17)4-9(6-10)12(18)15(2)3/h4-6H,1-3H3,(H2,13,17)(H,14,16). The Balaban J connectivity index is 3.26. The van der Waals surface area contributed by atoms with Crippen molar-refractivity contribution in [2.75, 3.05) is 19.4 Å². The smallest absolute Gasteiger partial charge is 0.253 e. The molecular weight excluding hydrogens is 234 g/mol. The van der Waals surface area contributed by atoms with Crippen molar-refractivity contribution in [1.82, 2.24) is 4.90 Å². The number of nitrogens with zero attached hydrogens (tertiary/aromatic N) is 1. The van der Waals surface area contributed by atoms with Crippen LogP contribution in [0.5, 0.6) is 0 Å². The van der Waals surface area contributed by atoms with Crippen molar-refractivity contribution in [3.8, 4) is 0 Å². The Morgan fingerprint density at radius 3 is 2.11 bits per heavy atom. The summed E-state index contributed by atoms with van der Waals surface area (Å²) in [7, 11) is 3.19. The fourth-order valence-corrected chi connectivity index (χ4v) is 1.43. The maximum Gasteiger partial charge on any atom is 0.253 e. The number of benzene rings is 1. The van der Waals surface area contributed by atoms with Crippen molar-refractivity contribution < 1.29 is 14.4 Å². The summed E-state index contributed by atoms with van der Waals surface area (Å²) in [5.74, 6) is -1.22. The van der Waals surface area contributed by atoms with E-state index in [-0.39, 0.29) is 17.4 Å². The quantitative estimate of drug-likeness (QED) is 0.814. The molecule has 3 amide bonds. The Kier molecular flexibility index (Phi) is 4.04. The van der Waals surface area contributed by atoms with Crippen LogP contribution in [0.25, 0.3) is 0 Å². The molecule has 0 unspecified atom stereocenters. The molecule has 6 nitrogen and oxygen atoms in total. The van der Waals surface area contributed by atoms with Gasteiger partial charge in [0.25, 0.3) is 5.91 Å². The molecule has 0 spiro atoms. The van der Waals surface area contributed by atoms with Gasteiger partial charge in [0.2, 0.25) is 11.8 Å². The molecule has 0 saturated heterocycles. The number of primary amides is 1. The number of hydrogen-bond acceptors (Lipinski definition) is 3. The number of amides is 3. The van der Waals surface area contributed by atoms with E-state index in [4.69, 9.17) is 5.73 Å². The molecule has 0 aliphatic heterocycles. The summed E-state index contributed by atoms with van der Waals surface area (Å²) in [6.45, 7) is 1.34. The Morgan fingerprint density at radius 2 is 1.67 bits per heavy atom. The highest BCUT2D eigenvalue weighted by Gasteiger charge is 2.13. The average molecular weight is 249 g/mol. The van der Waals surface area contributed by atoms with Gasteiger partial charge in [0.15, 0.2) is 0 Å². The van der Waals surface area contributed by atoms with E-state index in [9.17, 15) is 14.4 Å². The molecule has 96 valence electrons. The van der Waals surface area contributed by atoms with Gasteiger partial charge in [-0.25, -0.2) is 0 Å². The zero-order valence-electron chi connectivity index (χ0n) is 10.5. The summed E-state index contributed by atoms with van der Waals surface area (Å²) >= 11 is 0. The zero-order chi connectivity index (χ0) is 13.9. The van der Waals surface area contributed by atoms with Crippen molar-refractivity contribution in [3.63, 3.8) is 0 Å². The minimum absolute atomic E-state index is 0.173. The van der Waals surface area contributed by atoms with E-state index in [1.807, 2.05) is 0 Å². The third-order valence-corrected chi connectivity index (χ3v) is 2.19. The van der Waals surface area contributed by atoms with Crippen LogP contribution in [-0.2, 0) is 4.79 Å². The molecule has 1 rings (SSSR count). The summed E-state index contributed by atoms with van der Waals surface area (Å²) in [6.07, 6.45) is 0. The van der Waals surface area contributed by atoms with Crippen molar-refractivity contribution in [2.45, 2.75) is 6.92 Å². The Hall–Kier alpha value is -2.37. The topological polar surface area (TPSA) is 92.5 Å². The van der Waals surface area contributed by atoms with E-state index < -0.39 is 5.91 Å². The fourth-order valence-electron chi connectivity index (χ4n) is 1.43. The number of rotatable bonds is 3. The van der Waals surface area contributed by atoms with E-state index in [1.54, 1.807) is 14.1 Å². The maximum atomic E-state index is 11.8. The Bertz CT molecular complexity index is 509. The molecular formula is C12H15N3O3. The second-order valence-electron chi connectivity index (χ2n) is 4.04. The van der Waals surface area contributed by atoms with Crippen molar-refractivity contribution >= 4 is 23.4 Å². The van der Waals surface area contributed by atoms with Crippen molar-refractivity contribution in [3.05, 3.63) is 29.3 Å². The molecule has 0 radical (unpaired) electrons. The van der Waals surface area contributed by atoms with Gasteiger partial charge in [0.05, 0.1) is 0 Å². The monoisotopic (exact) mass is 249 g/mol. The highest BCUT2D eigenvalue weighted by atomic mass is 16.2. The van der Waals surface area contributed by atoms with Gasteiger partial charge in [-0.05, 0) is 18.2 Å². The summed E-state index contributed by atoms with van der Waals surface area (Å²) in [5.41, 5.74) is 6.01. The number of carbonyl (C=O) groups is 3. The largest absolute Gasteiger partial charge is 0.366 e. The van der Waals surface area contributed by atoms with Crippen LogP contribution in [0.2, 0.25) is 0 Å². The highest BCUT2D eigenvalue weighted by molar-refractivity contribution is 6.01. The van der Waals surface area contributed by atoms with Crippen molar-refractivity contribution in [2.24, 2.45) is 5.73 Å². The molecule has 0 saturated carbocycles. The molecule has 0 heterocycles. The van der Waals surface area contributed by atoms with Gasteiger partial charge in [-0.3, -0.25) is 14.4 Å². The van der Waals surface area contributed by atoms with Crippen LogP contribution >= 0.6 is 0 Å². The molecule has 0 atom stereocenters. The summed E-state index contributed by atoms with van der Waals surface area (Å²) < 4.78 is 0. The van der Waals surface area contributed by atoms with E-state index in [0.29, 0.717) is 11.3 Å². The minimum Gasteiger partial charge on any atom is -0.366 e. The van der Waals surface area contributed by atoms with Gasteiger partial charge >= 0.3 is 0 Å².